The Balaban J connectivity index is 2.08. The van der Waals surface area contributed by atoms with Gasteiger partial charge in [-0.1, -0.05) is 45.4 Å². The molecule has 2 fully saturated rings. The average molecular weight is 362 g/mol. The summed E-state index contributed by atoms with van der Waals surface area (Å²) in [7, 11) is 0. The lowest BCUT2D eigenvalue weighted by molar-refractivity contribution is 0.0910. The van der Waals surface area contributed by atoms with Crippen LogP contribution in [0.3, 0.4) is 0 Å². The molecule has 2 rings (SSSR count). The molecule has 2 aliphatic rings. The zero-order valence-electron chi connectivity index (χ0n) is 14.1. The topological polar surface area (TPSA) is 69.6 Å². The fourth-order valence-electron chi connectivity index (χ4n) is 3.92. The molecule has 1 amide bonds. The number of nitrogens with one attached hydrogen (secondary N) is 1. The van der Waals surface area contributed by atoms with Gasteiger partial charge in [0, 0.05) is 0 Å². The van der Waals surface area contributed by atoms with E-state index in [1.54, 1.807) is 0 Å². The Labute approximate surface area is 148 Å². The first-order valence-electron chi connectivity index (χ1n) is 9.03. The molecule has 134 valence electrons. The molecule has 6 heteroatoms. The maximum absolute atomic E-state index is 11.3. The van der Waals surface area contributed by atoms with Gasteiger partial charge in [-0.05, 0) is 36.7 Å². The van der Waals surface area contributed by atoms with E-state index in [-0.39, 0.29) is 10.1 Å². The lowest BCUT2D eigenvalue weighted by atomic mass is 9.83. The van der Waals surface area contributed by atoms with Crippen molar-refractivity contribution < 1.29 is 15.0 Å². The first kappa shape index (κ1) is 19.3. The van der Waals surface area contributed by atoms with Crippen molar-refractivity contribution in [3.8, 4) is 0 Å². The Kier molecular flexibility index (Phi) is 7.89. The van der Waals surface area contributed by atoms with Crippen molar-refractivity contribution >= 4 is 29.6 Å². The third-order valence-electron chi connectivity index (χ3n) is 5.03. The van der Waals surface area contributed by atoms with Gasteiger partial charge in [0.2, 0.25) is 0 Å². The molecule has 1 heterocycles. The molecule has 3 N–H and O–H groups in total. The van der Waals surface area contributed by atoms with Gasteiger partial charge in [0.25, 0.3) is 0 Å². The summed E-state index contributed by atoms with van der Waals surface area (Å²) in [5.74, 6) is 2.67. The minimum Gasteiger partial charge on any atom is -0.465 e. The van der Waals surface area contributed by atoms with Gasteiger partial charge in [0.15, 0.2) is 0 Å². The third kappa shape index (κ3) is 5.46. The summed E-state index contributed by atoms with van der Waals surface area (Å²) in [5, 5.41) is 23.0. The maximum atomic E-state index is 11.3. The Morgan fingerprint density at radius 1 is 1.22 bits per heavy atom. The molecule has 0 radical (unpaired) electrons. The Hall–Kier alpha value is -0.0700. The molecule has 0 aromatic rings. The van der Waals surface area contributed by atoms with Crippen LogP contribution in [0.1, 0.15) is 64.7 Å². The van der Waals surface area contributed by atoms with Crippen molar-refractivity contribution in [3.63, 3.8) is 0 Å². The summed E-state index contributed by atoms with van der Waals surface area (Å²) >= 11 is 3.68. The predicted molar refractivity (Wildman–Crippen MR) is 99.3 cm³/mol. The van der Waals surface area contributed by atoms with E-state index in [0.29, 0.717) is 5.92 Å². The predicted octanol–water partition coefficient (Wildman–Crippen LogP) is 4.32. The second-order valence-corrected chi connectivity index (χ2v) is 9.96. The second kappa shape index (κ2) is 9.42. The summed E-state index contributed by atoms with van der Waals surface area (Å²) in [6.45, 7) is 2.14. The lowest BCUT2D eigenvalue weighted by Gasteiger charge is -2.43. The molecule has 0 bridgehead atoms. The smallest absolute Gasteiger partial charge is 0.404 e. The van der Waals surface area contributed by atoms with Crippen molar-refractivity contribution in [2.75, 3.05) is 11.5 Å². The first-order valence-corrected chi connectivity index (χ1v) is 11.0. The standard InChI is InChI=1S/C17H31NO3S2/c1-2-9-17(22-10-6-11-23-17)15(19)14(18-16(20)21)12-13-7-4-3-5-8-13/h13-15,18-19H,2-12H2,1H3,(H,20,21)/t14-,15?/m0/s1. The number of rotatable bonds is 7. The number of aliphatic hydroxyl groups excluding tert-OH is 1. The van der Waals surface area contributed by atoms with E-state index < -0.39 is 12.2 Å². The van der Waals surface area contributed by atoms with E-state index in [0.717, 1.165) is 30.8 Å². The summed E-state index contributed by atoms with van der Waals surface area (Å²) < 4.78 is -0.241. The van der Waals surface area contributed by atoms with E-state index in [2.05, 4.69) is 12.2 Å². The first-order chi connectivity index (χ1) is 11.1. The fourth-order valence-corrected chi connectivity index (χ4v) is 7.57. The largest absolute Gasteiger partial charge is 0.465 e. The van der Waals surface area contributed by atoms with Gasteiger partial charge in [-0.15, -0.1) is 23.5 Å². The molecular weight excluding hydrogens is 330 g/mol. The van der Waals surface area contributed by atoms with Crippen LogP contribution in [-0.2, 0) is 0 Å². The third-order valence-corrected chi connectivity index (χ3v) is 8.59. The highest BCUT2D eigenvalue weighted by molar-refractivity contribution is 8.18. The fraction of sp³-hybridized carbons (Fsp3) is 0.941. The van der Waals surface area contributed by atoms with Gasteiger partial charge >= 0.3 is 6.09 Å². The quantitative estimate of drug-likeness (QED) is 0.630. The van der Waals surface area contributed by atoms with Gasteiger partial charge in [-0.3, -0.25) is 0 Å². The molecule has 1 saturated carbocycles. The zero-order valence-corrected chi connectivity index (χ0v) is 15.8. The van der Waals surface area contributed by atoms with Crippen LogP contribution in [0.2, 0.25) is 0 Å². The molecule has 4 nitrogen and oxygen atoms in total. The molecule has 2 atom stereocenters. The molecule has 0 aromatic heterocycles. The summed E-state index contributed by atoms with van der Waals surface area (Å²) in [4.78, 5) is 11.3. The van der Waals surface area contributed by atoms with Crippen LogP contribution in [0.25, 0.3) is 0 Å². The molecule has 1 aliphatic heterocycles. The monoisotopic (exact) mass is 361 g/mol. The van der Waals surface area contributed by atoms with Gasteiger partial charge in [-0.25, -0.2) is 4.79 Å². The summed E-state index contributed by atoms with van der Waals surface area (Å²) in [6.07, 6.45) is 8.39. The Morgan fingerprint density at radius 3 is 2.43 bits per heavy atom. The van der Waals surface area contributed by atoms with Crippen molar-refractivity contribution in [3.05, 3.63) is 0 Å². The van der Waals surface area contributed by atoms with Crippen LogP contribution in [0.4, 0.5) is 4.79 Å². The van der Waals surface area contributed by atoms with E-state index in [1.165, 1.54) is 38.5 Å². The molecule has 0 spiro atoms. The number of carboxylic acid groups (broad SMARTS) is 1. The number of hydrogen-bond acceptors (Lipinski definition) is 4. The average Bonchev–Trinajstić information content (AvgIpc) is 2.55. The van der Waals surface area contributed by atoms with Crippen molar-refractivity contribution in [2.24, 2.45) is 5.92 Å². The molecule has 1 unspecified atom stereocenters. The van der Waals surface area contributed by atoms with Gasteiger partial charge in [0.05, 0.1) is 16.2 Å². The zero-order chi connectivity index (χ0) is 16.7. The van der Waals surface area contributed by atoms with Crippen LogP contribution in [-0.4, -0.2) is 44.0 Å². The summed E-state index contributed by atoms with van der Waals surface area (Å²) in [5.41, 5.74) is 0. The van der Waals surface area contributed by atoms with E-state index >= 15 is 0 Å². The summed E-state index contributed by atoms with van der Waals surface area (Å²) in [6, 6.07) is -0.347. The number of amides is 1. The van der Waals surface area contributed by atoms with Crippen LogP contribution < -0.4 is 5.32 Å². The molecule has 0 aromatic carbocycles. The van der Waals surface area contributed by atoms with Crippen LogP contribution in [0.5, 0.6) is 0 Å². The molecule has 23 heavy (non-hydrogen) atoms. The minimum absolute atomic E-state index is 0.241. The van der Waals surface area contributed by atoms with Gasteiger partial charge in [-0.2, -0.15) is 0 Å². The number of carbonyl (C=O) groups is 1. The van der Waals surface area contributed by atoms with Crippen molar-refractivity contribution in [1.29, 1.82) is 0 Å². The highest BCUT2D eigenvalue weighted by atomic mass is 32.2. The van der Waals surface area contributed by atoms with Gasteiger partial charge < -0.3 is 15.5 Å². The maximum Gasteiger partial charge on any atom is 0.404 e. The molecule has 1 saturated heterocycles. The van der Waals surface area contributed by atoms with E-state index in [4.69, 9.17) is 0 Å². The van der Waals surface area contributed by atoms with Gasteiger partial charge in [0.1, 0.15) is 0 Å². The Morgan fingerprint density at radius 2 is 1.87 bits per heavy atom. The molecule has 1 aliphatic carbocycles. The van der Waals surface area contributed by atoms with E-state index in [9.17, 15) is 15.0 Å². The number of aliphatic hydroxyl groups is 1. The normalized spacial score (nSPS) is 24.8. The Bertz CT molecular complexity index is 363. The highest BCUT2D eigenvalue weighted by Crippen LogP contribution is 2.49. The SMILES string of the molecule is CCCC1(C(O)[C@H](CC2CCCCC2)NC(=O)O)SCCCS1. The number of thioether (sulfide) groups is 2. The number of hydrogen-bond donors (Lipinski definition) is 3. The van der Waals surface area contributed by atoms with Crippen LogP contribution >= 0.6 is 23.5 Å². The lowest BCUT2D eigenvalue weighted by Crippen LogP contribution is -2.53. The molecular formula is C17H31NO3S2. The van der Waals surface area contributed by atoms with E-state index in [1.807, 2.05) is 23.5 Å². The van der Waals surface area contributed by atoms with Crippen LogP contribution in [0, 0.1) is 5.92 Å². The minimum atomic E-state index is -1.01. The van der Waals surface area contributed by atoms with Crippen LogP contribution in [0.15, 0.2) is 0 Å². The van der Waals surface area contributed by atoms with Crippen molar-refractivity contribution in [2.45, 2.75) is 80.9 Å². The van der Waals surface area contributed by atoms with Crippen molar-refractivity contribution in [1.82, 2.24) is 5.32 Å². The second-order valence-electron chi connectivity index (χ2n) is 6.85. The highest BCUT2D eigenvalue weighted by Gasteiger charge is 2.44.